The van der Waals surface area contributed by atoms with E-state index < -0.39 is 0 Å². The zero-order chi connectivity index (χ0) is 16.8. The minimum Gasteiger partial charge on any atom is -0.469 e. The minimum absolute atomic E-state index is 0.0642. The van der Waals surface area contributed by atoms with Crippen molar-refractivity contribution < 1.29 is 13.9 Å². The molecule has 0 radical (unpaired) electrons. The summed E-state index contributed by atoms with van der Waals surface area (Å²) in [4.78, 5) is 12.2. The molecule has 0 unspecified atom stereocenters. The molecule has 1 heterocycles. The lowest BCUT2D eigenvalue weighted by Gasteiger charge is -2.22. The summed E-state index contributed by atoms with van der Waals surface area (Å²) in [5, 5.41) is 0. The molecule has 0 saturated heterocycles. The summed E-state index contributed by atoms with van der Waals surface area (Å²) in [5.74, 6) is 1.25. The highest BCUT2D eigenvalue weighted by atomic mass is 16.5. The van der Waals surface area contributed by atoms with Crippen molar-refractivity contribution in [1.82, 2.24) is 0 Å². The molecule has 0 spiro atoms. The van der Waals surface area contributed by atoms with Gasteiger partial charge in [0.15, 0.2) is 0 Å². The third-order valence-electron chi connectivity index (χ3n) is 4.02. The van der Waals surface area contributed by atoms with E-state index in [0.717, 1.165) is 17.7 Å². The van der Waals surface area contributed by atoms with Gasteiger partial charge in [-0.1, -0.05) is 58.0 Å². The second kappa shape index (κ2) is 8.00. The maximum atomic E-state index is 12.2. The molecule has 0 aliphatic rings. The SMILES string of the molecule is CC(C)C(C(=O)OCc1coc(Cc2ccccc2)c1)C(C)C. The third-order valence-corrected chi connectivity index (χ3v) is 4.02. The second-order valence-corrected chi connectivity index (χ2v) is 6.71. The summed E-state index contributed by atoms with van der Waals surface area (Å²) < 4.78 is 11.0. The van der Waals surface area contributed by atoms with Gasteiger partial charge in [0.2, 0.25) is 0 Å². The first-order chi connectivity index (χ1) is 11.0. The minimum atomic E-state index is -0.124. The molecule has 0 bridgehead atoms. The maximum absolute atomic E-state index is 12.2. The highest BCUT2D eigenvalue weighted by Crippen LogP contribution is 2.23. The highest BCUT2D eigenvalue weighted by molar-refractivity contribution is 5.73. The van der Waals surface area contributed by atoms with Gasteiger partial charge >= 0.3 is 5.97 Å². The maximum Gasteiger partial charge on any atom is 0.309 e. The van der Waals surface area contributed by atoms with E-state index in [1.165, 1.54) is 5.56 Å². The average Bonchev–Trinajstić information content (AvgIpc) is 2.93. The fourth-order valence-corrected chi connectivity index (χ4v) is 2.96. The van der Waals surface area contributed by atoms with Gasteiger partial charge in [0.05, 0.1) is 12.2 Å². The Bertz CT molecular complexity index is 603. The quantitative estimate of drug-likeness (QED) is 0.686. The van der Waals surface area contributed by atoms with Gasteiger partial charge in [-0.2, -0.15) is 0 Å². The Morgan fingerprint density at radius 3 is 2.30 bits per heavy atom. The molecular formula is C20H26O3. The lowest BCUT2D eigenvalue weighted by atomic mass is 9.86. The van der Waals surface area contributed by atoms with Gasteiger partial charge in [0.25, 0.3) is 0 Å². The van der Waals surface area contributed by atoms with Crippen LogP contribution in [0, 0.1) is 17.8 Å². The van der Waals surface area contributed by atoms with Crippen LogP contribution in [0.25, 0.3) is 0 Å². The van der Waals surface area contributed by atoms with Crippen LogP contribution in [0.15, 0.2) is 47.1 Å². The van der Waals surface area contributed by atoms with Crippen molar-refractivity contribution in [3.05, 3.63) is 59.5 Å². The topological polar surface area (TPSA) is 39.4 Å². The molecule has 0 saturated carbocycles. The van der Waals surface area contributed by atoms with E-state index >= 15 is 0 Å². The molecule has 23 heavy (non-hydrogen) atoms. The monoisotopic (exact) mass is 314 g/mol. The average molecular weight is 314 g/mol. The van der Waals surface area contributed by atoms with Gasteiger partial charge in [-0.05, 0) is 23.5 Å². The van der Waals surface area contributed by atoms with Gasteiger partial charge in [0, 0.05) is 12.0 Å². The molecule has 3 nitrogen and oxygen atoms in total. The normalized spacial score (nSPS) is 11.4. The van der Waals surface area contributed by atoms with E-state index in [9.17, 15) is 4.79 Å². The highest BCUT2D eigenvalue weighted by Gasteiger charge is 2.27. The van der Waals surface area contributed by atoms with E-state index in [0.29, 0.717) is 0 Å². The van der Waals surface area contributed by atoms with Crippen LogP contribution in [-0.2, 0) is 22.6 Å². The predicted octanol–water partition coefficient (Wildman–Crippen LogP) is 4.84. The van der Waals surface area contributed by atoms with E-state index in [2.05, 4.69) is 39.8 Å². The summed E-state index contributed by atoms with van der Waals surface area (Å²) in [6.07, 6.45) is 2.42. The molecule has 2 aromatic rings. The first-order valence-corrected chi connectivity index (χ1v) is 8.24. The summed E-state index contributed by atoms with van der Waals surface area (Å²) in [6, 6.07) is 12.1. The number of rotatable bonds is 7. The summed E-state index contributed by atoms with van der Waals surface area (Å²) in [7, 11) is 0. The van der Waals surface area contributed by atoms with Crippen LogP contribution in [0.1, 0.15) is 44.6 Å². The van der Waals surface area contributed by atoms with Crippen LogP contribution in [-0.4, -0.2) is 5.97 Å². The molecular weight excluding hydrogens is 288 g/mol. The molecule has 0 N–H and O–H groups in total. The predicted molar refractivity (Wildman–Crippen MR) is 90.9 cm³/mol. The van der Waals surface area contributed by atoms with Gasteiger partial charge in [-0.25, -0.2) is 0 Å². The van der Waals surface area contributed by atoms with Gasteiger partial charge in [0.1, 0.15) is 12.4 Å². The Hall–Kier alpha value is -2.03. The van der Waals surface area contributed by atoms with Crippen molar-refractivity contribution in [2.24, 2.45) is 17.8 Å². The fraction of sp³-hybridized carbons (Fsp3) is 0.450. The number of benzene rings is 1. The van der Waals surface area contributed by atoms with Crippen LogP contribution in [0.5, 0.6) is 0 Å². The zero-order valence-corrected chi connectivity index (χ0v) is 14.4. The van der Waals surface area contributed by atoms with E-state index in [4.69, 9.17) is 9.15 Å². The van der Waals surface area contributed by atoms with Crippen molar-refractivity contribution in [2.75, 3.05) is 0 Å². The lowest BCUT2D eigenvalue weighted by Crippen LogP contribution is -2.27. The fourth-order valence-electron chi connectivity index (χ4n) is 2.96. The standard InChI is InChI=1S/C20H26O3/c1-14(2)19(15(3)4)20(21)23-13-17-11-18(22-12-17)10-16-8-6-5-7-9-16/h5-9,11-12,14-15,19H,10,13H2,1-4H3. The van der Waals surface area contributed by atoms with Gasteiger partial charge in [-0.3, -0.25) is 4.79 Å². The molecule has 1 aromatic carbocycles. The van der Waals surface area contributed by atoms with Crippen LogP contribution in [0.4, 0.5) is 0 Å². The zero-order valence-electron chi connectivity index (χ0n) is 14.4. The van der Waals surface area contributed by atoms with E-state index in [1.54, 1.807) is 6.26 Å². The number of carbonyl (C=O) groups excluding carboxylic acids is 1. The van der Waals surface area contributed by atoms with Crippen molar-refractivity contribution in [3.8, 4) is 0 Å². The van der Waals surface area contributed by atoms with Crippen LogP contribution >= 0.6 is 0 Å². The number of furan rings is 1. The Morgan fingerprint density at radius 2 is 1.70 bits per heavy atom. The first kappa shape index (κ1) is 17.3. The van der Waals surface area contributed by atoms with Crippen molar-refractivity contribution >= 4 is 5.97 Å². The number of carbonyl (C=O) groups is 1. The molecule has 124 valence electrons. The second-order valence-electron chi connectivity index (χ2n) is 6.71. The third kappa shape index (κ3) is 4.98. The Kier molecular flexibility index (Phi) is 6.03. The number of hydrogen-bond donors (Lipinski definition) is 0. The first-order valence-electron chi connectivity index (χ1n) is 8.24. The molecule has 3 heteroatoms. The lowest BCUT2D eigenvalue weighted by molar-refractivity contribution is -0.153. The number of hydrogen-bond acceptors (Lipinski definition) is 3. The van der Waals surface area contributed by atoms with Crippen LogP contribution in [0.3, 0.4) is 0 Å². The van der Waals surface area contributed by atoms with Crippen molar-refractivity contribution in [3.63, 3.8) is 0 Å². The molecule has 1 aromatic heterocycles. The Balaban J connectivity index is 1.90. The van der Waals surface area contributed by atoms with Crippen molar-refractivity contribution in [1.29, 1.82) is 0 Å². The molecule has 0 fully saturated rings. The van der Waals surface area contributed by atoms with E-state index in [-0.39, 0.29) is 30.3 Å². The van der Waals surface area contributed by atoms with Gasteiger partial charge < -0.3 is 9.15 Å². The molecule has 0 aliphatic heterocycles. The van der Waals surface area contributed by atoms with E-state index in [1.807, 2.05) is 24.3 Å². The largest absolute Gasteiger partial charge is 0.469 e. The number of esters is 1. The molecule has 0 amide bonds. The van der Waals surface area contributed by atoms with Gasteiger partial charge in [-0.15, -0.1) is 0 Å². The van der Waals surface area contributed by atoms with Crippen LogP contribution < -0.4 is 0 Å². The molecule has 2 rings (SSSR count). The summed E-state index contributed by atoms with van der Waals surface area (Å²) in [6.45, 7) is 8.50. The van der Waals surface area contributed by atoms with Crippen LogP contribution in [0.2, 0.25) is 0 Å². The summed E-state index contributed by atoms with van der Waals surface area (Å²) in [5.41, 5.74) is 2.10. The molecule has 0 aliphatic carbocycles. The number of ether oxygens (including phenoxy) is 1. The Morgan fingerprint density at radius 1 is 1.04 bits per heavy atom. The molecule has 0 atom stereocenters. The van der Waals surface area contributed by atoms with Crippen molar-refractivity contribution in [2.45, 2.75) is 40.7 Å². The Labute approximate surface area is 138 Å². The smallest absolute Gasteiger partial charge is 0.309 e. The summed E-state index contributed by atoms with van der Waals surface area (Å²) >= 11 is 0.